The van der Waals surface area contributed by atoms with E-state index in [9.17, 15) is 19.8 Å². The first kappa shape index (κ1) is 52.8. The summed E-state index contributed by atoms with van der Waals surface area (Å²) in [4.78, 5) is 26.3. The van der Waals surface area contributed by atoms with Crippen molar-refractivity contribution in [2.24, 2.45) is 29.6 Å². The molecule has 2 N–H and O–H groups in total. The average Bonchev–Trinajstić information content (AvgIpc) is 4.10. The summed E-state index contributed by atoms with van der Waals surface area (Å²) in [7, 11) is 0. The van der Waals surface area contributed by atoms with E-state index in [4.69, 9.17) is 66.3 Å². The number of carboxylic acids is 1. The van der Waals surface area contributed by atoms with Crippen LogP contribution in [0.1, 0.15) is 150 Å². The first-order chi connectivity index (χ1) is 37.4. The maximum absolute atomic E-state index is 14.8. The lowest BCUT2D eigenvalue weighted by Crippen LogP contribution is -2.62. The van der Waals surface area contributed by atoms with Crippen molar-refractivity contribution in [1.82, 2.24) is 0 Å². The van der Waals surface area contributed by atoms with E-state index in [1.54, 1.807) is 0 Å². The molecular formula is C60H84O18. The normalized spacial score (nSPS) is 58.1. The minimum absolute atomic E-state index is 0.0175. The van der Waals surface area contributed by atoms with E-state index in [1.165, 1.54) is 0 Å². The number of carbonyl (C=O) groups is 2. The molecule has 18 nitrogen and oxygen atoms in total. The van der Waals surface area contributed by atoms with Gasteiger partial charge >= 0.3 is 5.97 Å². The van der Waals surface area contributed by atoms with E-state index in [-0.39, 0.29) is 177 Å². The van der Waals surface area contributed by atoms with Crippen LogP contribution in [0.5, 0.6) is 0 Å². The summed E-state index contributed by atoms with van der Waals surface area (Å²) >= 11 is 0. The number of ether oxygens (including phenoxy) is 14. The third kappa shape index (κ3) is 9.03. The Hall–Kier alpha value is -1.98. The minimum atomic E-state index is -0.998. The molecule has 3 spiro atoms. The second-order valence-corrected chi connectivity index (χ2v) is 27.5. The van der Waals surface area contributed by atoms with Gasteiger partial charge in [-0.05, 0) is 85.7 Å². The largest absolute Gasteiger partial charge is 0.481 e. The molecule has 0 aliphatic carbocycles. The lowest BCUT2D eigenvalue weighted by Gasteiger charge is -2.54. The number of Topliss-reactive ketones (excluding diaryl/α,β-unsaturated/α-hetero) is 1. The molecule has 16 aliphatic rings. The van der Waals surface area contributed by atoms with E-state index < -0.39 is 41.6 Å². The van der Waals surface area contributed by atoms with Gasteiger partial charge in [0.05, 0.1) is 116 Å². The molecule has 0 saturated carbocycles. The number of carboxylic acid groups (broad SMARTS) is 1. The Morgan fingerprint density at radius 2 is 1.19 bits per heavy atom. The molecule has 0 aromatic heterocycles. The number of carbonyl (C=O) groups excluding carboxylic acids is 1. The topological polar surface area (TPSA) is 204 Å². The quantitative estimate of drug-likeness (QED) is 0.291. The maximum atomic E-state index is 14.8. The fourth-order valence-electron chi connectivity index (χ4n) is 18.4. The highest BCUT2D eigenvalue weighted by Crippen LogP contribution is 2.58. The highest BCUT2D eigenvalue weighted by atomic mass is 16.8. The summed E-state index contributed by atoms with van der Waals surface area (Å²) in [6.45, 7) is 17.9. The molecule has 31 unspecified atom stereocenters. The van der Waals surface area contributed by atoms with Crippen molar-refractivity contribution in [2.45, 2.75) is 307 Å². The van der Waals surface area contributed by atoms with E-state index in [0.717, 1.165) is 49.7 Å². The summed E-state index contributed by atoms with van der Waals surface area (Å²) in [5.74, 6) is -3.27. The van der Waals surface area contributed by atoms with Crippen LogP contribution >= 0.6 is 0 Å². The zero-order valence-corrected chi connectivity index (χ0v) is 45.9. The number of fused-ring (bicyclic) bond motifs is 10. The minimum Gasteiger partial charge on any atom is -0.481 e. The van der Waals surface area contributed by atoms with Crippen molar-refractivity contribution in [3.05, 3.63) is 24.3 Å². The Bertz CT molecular complexity index is 2370. The number of rotatable bonds is 2. The first-order valence-electron chi connectivity index (χ1n) is 30.5. The van der Waals surface area contributed by atoms with Crippen molar-refractivity contribution < 1.29 is 86.1 Å². The summed E-state index contributed by atoms with van der Waals surface area (Å²) < 4.78 is 97.0. The third-order valence-electron chi connectivity index (χ3n) is 22.1. The van der Waals surface area contributed by atoms with Gasteiger partial charge in [0, 0.05) is 70.6 Å². The number of hydrogen-bond donors (Lipinski definition) is 2. The van der Waals surface area contributed by atoms with Gasteiger partial charge in [-0.1, -0.05) is 40.9 Å². The molecule has 16 fully saturated rings. The summed E-state index contributed by atoms with van der Waals surface area (Å²) in [5.41, 5.74) is 2.22. The van der Waals surface area contributed by atoms with E-state index in [0.29, 0.717) is 64.2 Å². The summed E-state index contributed by atoms with van der Waals surface area (Å²) in [6, 6.07) is 0. The van der Waals surface area contributed by atoms with Crippen LogP contribution in [0, 0.1) is 29.6 Å². The SMILES string of the molecule is C=C1CC2CCC34CC5OC6C(OC7CCC(CC(=O)CC8C(CC9OC(CCC1O2)CC(C)C9=C)OC1CC2OC9(CC2OC1C8C)CC1OC2(CC(C)C8OC(CC(=O)O)C(O)CC8O2)CC(C)C1O9)OC7C6O3)C5O4. The zero-order valence-electron chi connectivity index (χ0n) is 45.9. The van der Waals surface area contributed by atoms with Gasteiger partial charge in [-0.25, -0.2) is 0 Å². The summed E-state index contributed by atoms with van der Waals surface area (Å²) in [5, 5.41) is 20.4. The molecule has 432 valence electrons. The number of ketones is 1. The highest BCUT2D eigenvalue weighted by molar-refractivity contribution is 5.79. The van der Waals surface area contributed by atoms with Gasteiger partial charge in [0.25, 0.3) is 0 Å². The Labute approximate surface area is 457 Å². The van der Waals surface area contributed by atoms with Gasteiger partial charge in [-0.2, -0.15) is 0 Å². The van der Waals surface area contributed by atoms with Crippen LogP contribution in [0.4, 0.5) is 0 Å². The molecule has 31 atom stereocenters. The number of hydrogen-bond acceptors (Lipinski definition) is 17. The van der Waals surface area contributed by atoms with E-state index in [2.05, 4.69) is 40.9 Å². The highest BCUT2D eigenvalue weighted by Gasteiger charge is 2.70. The van der Waals surface area contributed by atoms with E-state index in [1.807, 2.05) is 0 Å². The second kappa shape index (κ2) is 19.5. The first-order valence-corrected chi connectivity index (χ1v) is 30.5. The molecule has 0 aromatic rings. The number of aliphatic hydroxyl groups is 1. The lowest BCUT2D eigenvalue weighted by atomic mass is 9.72. The molecule has 16 saturated heterocycles. The van der Waals surface area contributed by atoms with Crippen molar-refractivity contribution in [1.29, 1.82) is 0 Å². The fraction of sp³-hybridized carbons (Fsp3) is 0.900. The van der Waals surface area contributed by atoms with Gasteiger partial charge in [-0.3, -0.25) is 9.59 Å². The van der Waals surface area contributed by atoms with Crippen LogP contribution in [0.15, 0.2) is 24.3 Å². The Morgan fingerprint density at radius 3 is 2.04 bits per heavy atom. The van der Waals surface area contributed by atoms with Gasteiger partial charge in [-0.15, -0.1) is 0 Å². The molecule has 16 rings (SSSR count). The van der Waals surface area contributed by atoms with Crippen LogP contribution in [0.3, 0.4) is 0 Å². The van der Waals surface area contributed by atoms with Crippen LogP contribution < -0.4 is 0 Å². The van der Waals surface area contributed by atoms with Gasteiger partial charge < -0.3 is 76.5 Å². The molecule has 0 amide bonds. The molecule has 16 heterocycles. The third-order valence-corrected chi connectivity index (χ3v) is 22.1. The molecule has 12 bridgehead atoms. The Morgan fingerprint density at radius 1 is 0.513 bits per heavy atom. The molecule has 0 radical (unpaired) electrons. The Balaban J connectivity index is 0.661. The van der Waals surface area contributed by atoms with E-state index >= 15 is 0 Å². The molecule has 16 aliphatic heterocycles. The molecule has 78 heavy (non-hydrogen) atoms. The van der Waals surface area contributed by atoms with Crippen LogP contribution in [-0.2, 0) is 75.9 Å². The maximum Gasteiger partial charge on any atom is 0.306 e. The van der Waals surface area contributed by atoms with Crippen molar-refractivity contribution in [3.63, 3.8) is 0 Å². The predicted molar refractivity (Wildman–Crippen MR) is 272 cm³/mol. The monoisotopic (exact) mass is 1090 g/mol. The van der Waals surface area contributed by atoms with Crippen molar-refractivity contribution in [3.8, 4) is 0 Å². The van der Waals surface area contributed by atoms with Crippen molar-refractivity contribution >= 4 is 11.8 Å². The van der Waals surface area contributed by atoms with Crippen LogP contribution in [-0.4, -0.2) is 180 Å². The standard InChI is InChI=1S/C60H84O18/c1-26-13-33-7-9-38-27(2)14-35(65-38)11-12-58-24-47-54(77-58)55-56(72-47)57(78-58)53-39(69-55)10-8-34(67-53)15-32(61)16-36-31(6)52-44(68-41(36)18-40(66-33)30(26)5)19-43-46(71-52)23-60(73-43)25-48-51(76-60)29(4)22-59(75-48)21-28(3)50-45(74-59)17-37(62)42(70-50)20-49(63)64/h26,28-29,31,33-48,50-57,62H,2,5,7-25H2,1,3-4,6H3,(H,63,64). The molecular weight excluding hydrogens is 1010 g/mol. The van der Waals surface area contributed by atoms with Crippen molar-refractivity contribution in [2.75, 3.05) is 0 Å². The lowest BCUT2D eigenvalue weighted by molar-refractivity contribution is -0.371. The number of aliphatic hydroxyl groups excluding tert-OH is 1. The van der Waals surface area contributed by atoms with Gasteiger partial charge in [0.1, 0.15) is 36.3 Å². The Kier molecular flexibility index (Phi) is 13.2. The average molecular weight is 1090 g/mol. The molecule has 0 aromatic carbocycles. The van der Waals surface area contributed by atoms with Crippen LogP contribution in [0.2, 0.25) is 0 Å². The smallest absolute Gasteiger partial charge is 0.306 e. The van der Waals surface area contributed by atoms with Gasteiger partial charge in [0.2, 0.25) is 0 Å². The predicted octanol–water partition coefficient (Wildman–Crippen LogP) is 6.32. The van der Waals surface area contributed by atoms with Gasteiger partial charge in [0.15, 0.2) is 17.4 Å². The molecule has 18 heteroatoms. The second-order valence-electron chi connectivity index (χ2n) is 27.5. The van der Waals surface area contributed by atoms with Crippen LogP contribution in [0.25, 0.3) is 0 Å². The summed E-state index contributed by atoms with van der Waals surface area (Å²) in [6.07, 6.45) is 4.65. The fourth-order valence-corrected chi connectivity index (χ4v) is 18.4. The zero-order chi connectivity index (χ0) is 53.3. The number of aliphatic carboxylic acids is 1.